The van der Waals surface area contributed by atoms with E-state index >= 15 is 0 Å². The number of nitrogens with zero attached hydrogens (tertiary/aromatic N) is 2. The molecule has 21 heavy (non-hydrogen) atoms. The normalized spacial score (nSPS) is 17.6. The molecule has 1 aromatic heterocycles. The fourth-order valence-electron chi connectivity index (χ4n) is 3.06. The van der Waals surface area contributed by atoms with Crippen molar-refractivity contribution in [1.29, 1.82) is 0 Å². The van der Waals surface area contributed by atoms with E-state index in [1.807, 2.05) is 0 Å². The zero-order valence-electron chi connectivity index (χ0n) is 12.1. The van der Waals surface area contributed by atoms with Crippen LogP contribution < -0.4 is 0 Å². The molecule has 2 aromatic rings. The number of fused-ring (bicyclic) bond motifs is 1. The van der Waals surface area contributed by atoms with Crippen LogP contribution in [0.3, 0.4) is 0 Å². The number of aromatic nitrogens is 2. The van der Waals surface area contributed by atoms with Crippen LogP contribution in [0.1, 0.15) is 54.7 Å². The van der Waals surface area contributed by atoms with Crippen LogP contribution in [0, 0.1) is 3.57 Å². The molecule has 0 N–H and O–H groups in total. The molecule has 1 aliphatic carbocycles. The Labute approximate surface area is 144 Å². The SMILES string of the molecule is CCCc1nc(C2CCCc3ccccc32)nc(Cl)c1I. The van der Waals surface area contributed by atoms with Crippen LogP contribution in [0.5, 0.6) is 0 Å². The van der Waals surface area contributed by atoms with Crippen molar-refractivity contribution >= 4 is 34.2 Å². The maximum Gasteiger partial charge on any atom is 0.146 e. The van der Waals surface area contributed by atoms with E-state index in [-0.39, 0.29) is 0 Å². The lowest BCUT2D eigenvalue weighted by atomic mass is 9.82. The Bertz CT molecular complexity index is 657. The summed E-state index contributed by atoms with van der Waals surface area (Å²) >= 11 is 8.60. The molecular formula is C17H18ClIN2. The Morgan fingerprint density at radius 1 is 1.29 bits per heavy atom. The number of hydrogen-bond donors (Lipinski definition) is 0. The van der Waals surface area contributed by atoms with E-state index in [4.69, 9.17) is 16.6 Å². The summed E-state index contributed by atoms with van der Waals surface area (Å²) in [5.74, 6) is 1.19. The van der Waals surface area contributed by atoms with E-state index in [1.54, 1.807) is 0 Å². The quantitative estimate of drug-likeness (QED) is 0.514. The first kappa shape index (κ1) is 15.2. The van der Waals surface area contributed by atoms with Crippen LogP contribution in [-0.4, -0.2) is 9.97 Å². The second kappa shape index (κ2) is 6.61. The third kappa shape index (κ3) is 3.09. The smallest absolute Gasteiger partial charge is 0.146 e. The molecule has 1 heterocycles. The van der Waals surface area contributed by atoms with Crippen LogP contribution in [0.25, 0.3) is 0 Å². The van der Waals surface area contributed by atoms with E-state index in [2.05, 4.69) is 58.8 Å². The minimum Gasteiger partial charge on any atom is -0.236 e. The van der Waals surface area contributed by atoms with Gasteiger partial charge in [0, 0.05) is 5.92 Å². The molecule has 0 saturated heterocycles. The molecule has 4 heteroatoms. The van der Waals surface area contributed by atoms with Crippen molar-refractivity contribution < 1.29 is 0 Å². The van der Waals surface area contributed by atoms with Crippen molar-refractivity contribution in [3.8, 4) is 0 Å². The third-order valence-corrected chi connectivity index (χ3v) is 5.79. The topological polar surface area (TPSA) is 25.8 Å². The van der Waals surface area contributed by atoms with Gasteiger partial charge in [-0.05, 0) is 59.4 Å². The van der Waals surface area contributed by atoms with Gasteiger partial charge in [-0.15, -0.1) is 0 Å². The fraction of sp³-hybridized carbons (Fsp3) is 0.412. The maximum atomic E-state index is 6.34. The second-order valence-corrected chi connectivity index (χ2v) is 6.96. The lowest BCUT2D eigenvalue weighted by Crippen LogP contribution is -2.15. The molecule has 0 radical (unpaired) electrons. The Morgan fingerprint density at radius 2 is 2.10 bits per heavy atom. The summed E-state index contributed by atoms with van der Waals surface area (Å²) in [6.07, 6.45) is 5.50. The summed E-state index contributed by atoms with van der Waals surface area (Å²) in [4.78, 5) is 9.43. The standard InChI is InChI=1S/C17H18ClIN2/c1-2-6-14-15(19)16(18)21-17(20-14)13-10-5-8-11-7-3-4-9-12(11)13/h3-4,7,9,13H,2,5-6,8,10H2,1H3. The Morgan fingerprint density at radius 3 is 2.90 bits per heavy atom. The summed E-state index contributed by atoms with van der Waals surface area (Å²) in [5, 5.41) is 0.604. The minimum absolute atomic E-state index is 0.292. The molecular weight excluding hydrogens is 395 g/mol. The maximum absolute atomic E-state index is 6.34. The van der Waals surface area contributed by atoms with Crippen molar-refractivity contribution in [3.63, 3.8) is 0 Å². The van der Waals surface area contributed by atoms with Gasteiger partial charge in [-0.25, -0.2) is 9.97 Å². The zero-order chi connectivity index (χ0) is 14.8. The van der Waals surface area contributed by atoms with Gasteiger partial charge in [-0.3, -0.25) is 0 Å². The number of benzene rings is 1. The lowest BCUT2D eigenvalue weighted by molar-refractivity contribution is 0.586. The number of halogens is 2. The van der Waals surface area contributed by atoms with Crippen molar-refractivity contribution in [2.75, 3.05) is 0 Å². The Hall–Kier alpha value is -0.680. The van der Waals surface area contributed by atoms with Gasteiger partial charge in [0.25, 0.3) is 0 Å². The van der Waals surface area contributed by atoms with Crippen LogP contribution in [0.2, 0.25) is 5.15 Å². The molecule has 0 spiro atoms. The molecule has 0 amide bonds. The Kier molecular flexibility index (Phi) is 4.79. The van der Waals surface area contributed by atoms with Crippen LogP contribution in [-0.2, 0) is 12.8 Å². The van der Waals surface area contributed by atoms with E-state index in [0.29, 0.717) is 11.1 Å². The van der Waals surface area contributed by atoms with E-state index in [9.17, 15) is 0 Å². The summed E-state index contributed by atoms with van der Waals surface area (Å²) in [6, 6.07) is 8.67. The molecule has 3 rings (SSSR count). The zero-order valence-corrected chi connectivity index (χ0v) is 15.0. The van der Waals surface area contributed by atoms with Gasteiger partial charge in [0.1, 0.15) is 11.0 Å². The monoisotopic (exact) mass is 412 g/mol. The first-order chi connectivity index (χ1) is 10.2. The molecule has 2 nitrogen and oxygen atoms in total. The molecule has 0 fully saturated rings. The first-order valence-electron chi connectivity index (χ1n) is 7.50. The number of rotatable bonds is 3. The molecule has 0 saturated carbocycles. The largest absolute Gasteiger partial charge is 0.236 e. The van der Waals surface area contributed by atoms with Gasteiger partial charge in [-0.2, -0.15) is 0 Å². The Balaban J connectivity index is 2.05. The van der Waals surface area contributed by atoms with Crippen LogP contribution in [0.4, 0.5) is 0 Å². The lowest BCUT2D eigenvalue weighted by Gasteiger charge is -2.25. The summed E-state index contributed by atoms with van der Waals surface area (Å²) in [6.45, 7) is 2.17. The van der Waals surface area contributed by atoms with Crippen molar-refractivity contribution in [2.45, 2.75) is 44.9 Å². The minimum atomic E-state index is 0.292. The highest BCUT2D eigenvalue weighted by molar-refractivity contribution is 14.1. The van der Waals surface area contributed by atoms with Gasteiger partial charge in [-0.1, -0.05) is 49.2 Å². The molecule has 1 aliphatic rings. The highest BCUT2D eigenvalue weighted by Gasteiger charge is 2.25. The van der Waals surface area contributed by atoms with Crippen molar-refractivity contribution in [3.05, 3.63) is 55.6 Å². The van der Waals surface area contributed by atoms with Crippen molar-refractivity contribution in [1.82, 2.24) is 9.97 Å². The number of hydrogen-bond acceptors (Lipinski definition) is 2. The fourth-order valence-corrected chi connectivity index (χ4v) is 3.77. The molecule has 1 atom stereocenters. The molecule has 0 aliphatic heterocycles. The second-order valence-electron chi connectivity index (χ2n) is 5.53. The van der Waals surface area contributed by atoms with Crippen molar-refractivity contribution in [2.24, 2.45) is 0 Å². The number of aryl methyl sites for hydroxylation is 2. The highest BCUT2D eigenvalue weighted by atomic mass is 127. The van der Waals surface area contributed by atoms with Crippen LogP contribution >= 0.6 is 34.2 Å². The van der Waals surface area contributed by atoms with E-state index in [0.717, 1.165) is 40.8 Å². The average Bonchev–Trinajstić information content (AvgIpc) is 2.51. The van der Waals surface area contributed by atoms with Gasteiger partial charge in [0.2, 0.25) is 0 Å². The average molecular weight is 413 g/mol. The van der Waals surface area contributed by atoms with Gasteiger partial charge < -0.3 is 0 Å². The van der Waals surface area contributed by atoms with E-state index in [1.165, 1.54) is 17.5 Å². The molecule has 1 unspecified atom stereocenters. The molecule has 0 bridgehead atoms. The third-order valence-electron chi connectivity index (χ3n) is 4.06. The summed E-state index contributed by atoms with van der Waals surface area (Å²) in [7, 11) is 0. The molecule has 110 valence electrons. The van der Waals surface area contributed by atoms with Gasteiger partial charge >= 0.3 is 0 Å². The van der Waals surface area contributed by atoms with E-state index < -0.39 is 0 Å². The predicted octanol–water partition coefficient (Wildman–Crippen LogP) is 5.16. The first-order valence-corrected chi connectivity index (χ1v) is 8.96. The highest BCUT2D eigenvalue weighted by Crippen LogP contribution is 2.36. The van der Waals surface area contributed by atoms with Gasteiger partial charge in [0.15, 0.2) is 0 Å². The van der Waals surface area contributed by atoms with Crippen LogP contribution in [0.15, 0.2) is 24.3 Å². The molecule has 1 aromatic carbocycles. The summed E-state index contributed by atoms with van der Waals surface area (Å²) < 4.78 is 1.00. The van der Waals surface area contributed by atoms with Gasteiger partial charge in [0.05, 0.1) is 9.26 Å². The predicted molar refractivity (Wildman–Crippen MR) is 95.0 cm³/mol. The summed E-state index contributed by atoms with van der Waals surface area (Å²) in [5.41, 5.74) is 3.91.